The number of ether oxygens (including phenoxy) is 2. The number of likely N-dealkylation sites (N-methyl/N-ethyl adjacent to an activating group) is 1. The summed E-state index contributed by atoms with van der Waals surface area (Å²) in [6, 6.07) is 0. The van der Waals surface area contributed by atoms with Crippen LogP contribution in [0.2, 0.25) is 0 Å². The van der Waals surface area contributed by atoms with Crippen LogP contribution in [0.3, 0.4) is 0 Å². The first-order valence-corrected chi connectivity index (χ1v) is 7.01. The highest BCUT2D eigenvalue weighted by Crippen LogP contribution is 2.30. The zero-order chi connectivity index (χ0) is 14.5. The van der Waals surface area contributed by atoms with Crippen LogP contribution in [-0.4, -0.2) is 43.9 Å². The van der Waals surface area contributed by atoms with E-state index in [1.807, 2.05) is 13.8 Å². The zero-order valence-corrected chi connectivity index (χ0v) is 12.6. The monoisotopic (exact) mass is 272 g/mol. The van der Waals surface area contributed by atoms with Gasteiger partial charge >= 0.3 is 0 Å². The summed E-state index contributed by atoms with van der Waals surface area (Å²) in [6.07, 6.45) is 4.34. The fraction of sp³-hybridized carbons (Fsp3) is 0.929. The van der Waals surface area contributed by atoms with Gasteiger partial charge in [-0.3, -0.25) is 4.79 Å². The first-order chi connectivity index (χ1) is 8.85. The van der Waals surface area contributed by atoms with Crippen molar-refractivity contribution in [2.24, 2.45) is 5.73 Å². The first-order valence-electron chi connectivity index (χ1n) is 7.01. The Labute approximate surface area is 116 Å². The van der Waals surface area contributed by atoms with E-state index in [4.69, 9.17) is 15.2 Å². The molecule has 0 spiro atoms. The number of nitrogens with two attached hydrogens (primary N) is 1. The van der Waals surface area contributed by atoms with Gasteiger partial charge in [0.1, 0.15) is 0 Å². The fourth-order valence-corrected chi connectivity index (χ4v) is 2.51. The maximum absolute atomic E-state index is 11.6. The van der Waals surface area contributed by atoms with Gasteiger partial charge in [-0.15, -0.1) is 0 Å². The fourth-order valence-electron chi connectivity index (χ4n) is 2.51. The van der Waals surface area contributed by atoms with Crippen molar-refractivity contribution in [2.75, 3.05) is 20.8 Å². The van der Waals surface area contributed by atoms with Gasteiger partial charge in [0.05, 0.1) is 17.2 Å². The average Bonchev–Trinajstić information content (AvgIpc) is 2.38. The van der Waals surface area contributed by atoms with Gasteiger partial charge in [0, 0.05) is 20.1 Å². The second-order valence-electron chi connectivity index (χ2n) is 6.00. The van der Waals surface area contributed by atoms with Crippen LogP contribution >= 0.6 is 0 Å². The van der Waals surface area contributed by atoms with E-state index < -0.39 is 5.54 Å². The molecule has 0 heterocycles. The number of primary amides is 1. The summed E-state index contributed by atoms with van der Waals surface area (Å²) in [6.45, 7) is 4.72. The Kier molecular flexibility index (Phi) is 5.77. The number of amides is 1. The molecule has 0 bridgehead atoms. The molecule has 3 N–H and O–H groups in total. The minimum absolute atomic E-state index is 0.0985. The molecule has 19 heavy (non-hydrogen) atoms. The molecule has 0 saturated heterocycles. The molecule has 2 atom stereocenters. The van der Waals surface area contributed by atoms with Crippen molar-refractivity contribution in [1.82, 2.24) is 5.32 Å². The van der Waals surface area contributed by atoms with Crippen molar-refractivity contribution in [3.63, 3.8) is 0 Å². The standard InChI is InChI=1S/C14H28N2O3/c1-13(2,18-4)8-9-19-11-6-5-7-14(10-11,16-3)12(15)17/h11,16H,5-10H2,1-4H3,(H2,15,17). The van der Waals surface area contributed by atoms with E-state index in [-0.39, 0.29) is 17.6 Å². The molecule has 0 radical (unpaired) electrons. The quantitative estimate of drug-likeness (QED) is 0.730. The van der Waals surface area contributed by atoms with Crippen molar-refractivity contribution in [3.8, 4) is 0 Å². The largest absolute Gasteiger partial charge is 0.379 e. The third-order valence-corrected chi connectivity index (χ3v) is 4.27. The number of nitrogens with one attached hydrogen (secondary N) is 1. The topological polar surface area (TPSA) is 73.6 Å². The number of methoxy groups -OCH3 is 1. The second-order valence-corrected chi connectivity index (χ2v) is 6.00. The van der Waals surface area contributed by atoms with E-state index >= 15 is 0 Å². The maximum Gasteiger partial charge on any atom is 0.237 e. The lowest BCUT2D eigenvalue weighted by atomic mass is 9.79. The minimum Gasteiger partial charge on any atom is -0.379 e. The average molecular weight is 272 g/mol. The highest BCUT2D eigenvalue weighted by molar-refractivity contribution is 5.84. The SMILES string of the molecule is CNC1(C(N)=O)CCCC(OCCC(C)(C)OC)C1. The summed E-state index contributed by atoms with van der Waals surface area (Å²) < 4.78 is 11.3. The number of rotatable bonds is 7. The third kappa shape index (κ3) is 4.44. The molecule has 1 rings (SSSR count). The molecular formula is C14H28N2O3. The Bertz CT molecular complexity index is 307. The molecule has 0 aliphatic heterocycles. The van der Waals surface area contributed by atoms with E-state index in [9.17, 15) is 4.79 Å². The van der Waals surface area contributed by atoms with E-state index in [1.165, 1.54) is 0 Å². The van der Waals surface area contributed by atoms with Crippen molar-refractivity contribution in [3.05, 3.63) is 0 Å². The predicted molar refractivity (Wildman–Crippen MR) is 74.9 cm³/mol. The molecule has 5 heteroatoms. The molecule has 2 unspecified atom stereocenters. The molecule has 1 aliphatic rings. The molecule has 1 saturated carbocycles. The number of carbonyl (C=O) groups is 1. The van der Waals surface area contributed by atoms with Crippen LogP contribution in [0, 0.1) is 0 Å². The Balaban J connectivity index is 2.45. The Morgan fingerprint density at radius 2 is 2.21 bits per heavy atom. The van der Waals surface area contributed by atoms with E-state index in [2.05, 4.69) is 5.32 Å². The smallest absolute Gasteiger partial charge is 0.237 e. The number of hydrogen-bond donors (Lipinski definition) is 2. The second kappa shape index (κ2) is 6.68. The van der Waals surface area contributed by atoms with Crippen LogP contribution in [0.5, 0.6) is 0 Å². The van der Waals surface area contributed by atoms with Crippen LogP contribution in [0.4, 0.5) is 0 Å². The van der Waals surface area contributed by atoms with Crippen LogP contribution in [0.1, 0.15) is 46.0 Å². The van der Waals surface area contributed by atoms with Gasteiger partial charge in [-0.2, -0.15) is 0 Å². The lowest BCUT2D eigenvalue weighted by Gasteiger charge is -2.38. The Morgan fingerprint density at radius 1 is 1.53 bits per heavy atom. The van der Waals surface area contributed by atoms with Crippen molar-refractivity contribution in [2.45, 2.75) is 63.2 Å². The molecule has 112 valence electrons. The summed E-state index contributed by atoms with van der Waals surface area (Å²) in [5.74, 6) is -0.277. The molecule has 1 aliphatic carbocycles. The normalized spacial score (nSPS) is 28.3. The number of carbonyl (C=O) groups excluding carboxylic acids is 1. The van der Waals surface area contributed by atoms with Crippen LogP contribution in [-0.2, 0) is 14.3 Å². The minimum atomic E-state index is -0.598. The van der Waals surface area contributed by atoms with Gasteiger partial charge in [-0.05, 0) is 46.6 Å². The zero-order valence-electron chi connectivity index (χ0n) is 12.6. The highest BCUT2D eigenvalue weighted by Gasteiger charge is 2.40. The van der Waals surface area contributed by atoms with Crippen LogP contribution < -0.4 is 11.1 Å². The summed E-state index contributed by atoms with van der Waals surface area (Å²) in [5, 5.41) is 3.09. The van der Waals surface area contributed by atoms with E-state index in [1.54, 1.807) is 14.2 Å². The highest BCUT2D eigenvalue weighted by atomic mass is 16.5. The van der Waals surface area contributed by atoms with Crippen molar-refractivity contribution >= 4 is 5.91 Å². The molecule has 0 aromatic heterocycles. The summed E-state index contributed by atoms with van der Waals surface area (Å²) in [5.41, 5.74) is 4.75. The lowest BCUT2D eigenvalue weighted by molar-refractivity contribution is -0.128. The summed E-state index contributed by atoms with van der Waals surface area (Å²) >= 11 is 0. The molecule has 1 amide bonds. The summed E-state index contributed by atoms with van der Waals surface area (Å²) in [7, 11) is 3.50. The predicted octanol–water partition coefficient (Wildman–Crippen LogP) is 1.20. The van der Waals surface area contributed by atoms with Crippen LogP contribution in [0.15, 0.2) is 0 Å². The molecule has 1 fully saturated rings. The maximum atomic E-state index is 11.6. The third-order valence-electron chi connectivity index (χ3n) is 4.27. The van der Waals surface area contributed by atoms with Gasteiger partial charge < -0.3 is 20.5 Å². The van der Waals surface area contributed by atoms with Gasteiger partial charge in [0.15, 0.2) is 0 Å². The molecule has 0 aromatic rings. The molecule has 5 nitrogen and oxygen atoms in total. The Morgan fingerprint density at radius 3 is 2.74 bits per heavy atom. The number of hydrogen-bond acceptors (Lipinski definition) is 4. The first kappa shape index (κ1) is 16.4. The Hall–Kier alpha value is -0.650. The van der Waals surface area contributed by atoms with E-state index in [0.717, 1.165) is 25.7 Å². The van der Waals surface area contributed by atoms with Gasteiger partial charge in [0.2, 0.25) is 5.91 Å². The lowest BCUT2D eigenvalue weighted by Crippen LogP contribution is -2.57. The van der Waals surface area contributed by atoms with Gasteiger partial charge in [-0.1, -0.05) is 0 Å². The van der Waals surface area contributed by atoms with Crippen LogP contribution in [0.25, 0.3) is 0 Å². The summed E-state index contributed by atoms with van der Waals surface area (Å²) in [4.78, 5) is 11.6. The van der Waals surface area contributed by atoms with Crippen molar-refractivity contribution < 1.29 is 14.3 Å². The molecule has 0 aromatic carbocycles. The van der Waals surface area contributed by atoms with Crippen molar-refractivity contribution in [1.29, 1.82) is 0 Å². The van der Waals surface area contributed by atoms with Gasteiger partial charge in [0.25, 0.3) is 0 Å². The van der Waals surface area contributed by atoms with Gasteiger partial charge in [-0.25, -0.2) is 0 Å². The van der Waals surface area contributed by atoms with E-state index in [0.29, 0.717) is 13.0 Å². The molecular weight excluding hydrogens is 244 g/mol.